The number of anilines is 3. The number of hydrogen-bond acceptors (Lipinski definition) is 7. The quantitative estimate of drug-likeness (QED) is 0.349. The Bertz CT molecular complexity index is 1560. The maximum atomic E-state index is 15.6. The highest BCUT2D eigenvalue weighted by Gasteiger charge is 2.49. The number of aromatic nitrogens is 1. The molecule has 0 aliphatic carbocycles. The number of fused-ring (bicyclic) bond motifs is 2. The van der Waals surface area contributed by atoms with Crippen molar-refractivity contribution < 1.29 is 31.9 Å². The van der Waals surface area contributed by atoms with Gasteiger partial charge in [0.05, 0.1) is 16.9 Å². The van der Waals surface area contributed by atoms with Gasteiger partial charge in [-0.3, -0.25) is 24.2 Å². The van der Waals surface area contributed by atoms with E-state index < -0.39 is 41.3 Å². The monoisotopic (exact) mass is 657 g/mol. The smallest absolute Gasteiger partial charge is 0.366 e. The van der Waals surface area contributed by atoms with Crippen molar-refractivity contribution >= 4 is 34.9 Å². The highest BCUT2D eigenvalue weighted by atomic mass is 19.4. The topological polar surface area (TPSA) is 83.5 Å². The first-order valence-corrected chi connectivity index (χ1v) is 15.9. The molecule has 2 aromatic rings. The van der Waals surface area contributed by atoms with Crippen molar-refractivity contribution in [3.05, 3.63) is 60.1 Å². The van der Waals surface area contributed by atoms with Crippen LogP contribution in [0.15, 0.2) is 43.0 Å². The Balaban J connectivity index is 1.22. The van der Waals surface area contributed by atoms with Gasteiger partial charge in [0.25, 0.3) is 0 Å². The zero-order chi connectivity index (χ0) is 33.6. The third-order valence-corrected chi connectivity index (χ3v) is 9.80. The molecule has 0 radical (unpaired) electrons. The number of amides is 3. The third-order valence-electron chi connectivity index (χ3n) is 9.80. The lowest BCUT2D eigenvalue weighted by molar-refractivity contribution is -0.137. The molecule has 0 unspecified atom stereocenters. The number of hydrogen-bond donors (Lipinski definition) is 0. The number of carbonyl (C=O) groups excluding carboxylic acids is 3. The number of carbonyl (C=O) groups is 3. The van der Waals surface area contributed by atoms with Crippen LogP contribution in [-0.2, 0) is 20.6 Å². The number of nitrogens with zero attached hydrogens (tertiary/aromatic N) is 7. The van der Waals surface area contributed by atoms with Gasteiger partial charge in [-0.05, 0) is 56.8 Å². The van der Waals surface area contributed by atoms with E-state index in [1.807, 2.05) is 4.90 Å². The fourth-order valence-electron chi connectivity index (χ4n) is 7.30. The van der Waals surface area contributed by atoms with Gasteiger partial charge in [0.15, 0.2) is 0 Å². The number of benzene rings is 1. The van der Waals surface area contributed by atoms with Crippen LogP contribution in [0.25, 0.3) is 0 Å². The maximum Gasteiger partial charge on any atom is 0.416 e. The van der Waals surface area contributed by atoms with Gasteiger partial charge >= 0.3 is 6.18 Å². The van der Waals surface area contributed by atoms with Crippen LogP contribution >= 0.6 is 0 Å². The molecule has 1 aromatic carbocycles. The predicted molar refractivity (Wildman–Crippen MR) is 169 cm³/mol. The van der Waals surface area contributed by atoms with Crippen molar-refractivity contribution in [2.24, 2.45) is 5.92 Å². The highest BCUT2D eigenvalue weighted by Crippen LogP contribution is 2.41. The molecule has 0 bridgehead atoms. The molecule has 5 heterocycles. The summed E-state index contributed by atoms with van der Waals surface area (Å²) in [7, 11) is 1.50. The van der Waals surface area contributed by atoms with Crippen molar-refractivity contribution in [2.45, 2.75) is 38.0 Å². The molecule has 3 fully saturated rings. The SMILES string of the molecule is C=CC(=O)N1CC(N2CCCN(CCN3C[C@H]4CC(=O)N(c5cc(C(F)(F)F)cc(C)n5)[C@@H]4C(=O)N(C)c4cccc(F)c43)CC2)C1. The molecule has 3 amide bonds. The summed E-state index contributed by atoms with van der Waals surface area (Å²) >= 11 is 0. The van der Waals surface area contributed by atoms with Gasteiger partial charge in [-0.1, -0.05) is 12.6 Å². The number of alkyl halides is 3. The van der Waals surface area contributed by atoms with Crippen molar-refractivity contribution in [2.75, 3.05) is 80.7 Å². The number of likely N-dealkylation sites (tertiary alicyclic amines) is 1. The van der Waals surface area contributed by atoms with Crippen LogP contribution in [0.3, 0.4) is 0 Å². The summed E-state index contributed by atoms with van der Waals surface area (Å²) in [6.45, 7) is 10.9. The Kier molecular flexibility index (Phi) is 9.00. The fourth-order valence-corrected chi connectivity index (χ4v) is 7.30. The third kappa shape index (κ3) is 6.45. The Labute approximate surface area is 271 Å². The number of para-hydroxylation sites is 1. The number of likely N-dealkylation sites (N-methyl/N-ethyl adjacent to an activating group) is 1. The molecule has 4 aliphatic rings. The van der Waals surface area contributed by atoms with E-state index in [2.05, 4.69) is 21.4 Å². The predicted octanol–water partition coefficient (Wildman–Crippen LogP) is 3.16. The van der Waals surface area contributed by atoms with Crippen LogP contribution in [0.5, 0.6) is 0 Å². The summed E-state index contributed by atoms with van der Waals surface area (Å²) in [4.78, 5) is 54.4. The average molecular weight is 658 g/mol. The normalized spacial score (nSPS) is 23.2. The molecular formula is C33H39F4N7O3. The van der Waals surface area contributed by atoms with Crippen LogP contribution < -0.4 is 14.7 Å². The largest absolute Gasteiger partial charge is 0.416 e. The van der Waals surface area contributed by atoms with Crippen LogP contribution in [0.4, 0.5) is 34.8 Å². The lowest BCUT2D eigenvalue weighted by Gasteiger charge is -2.44. The summed E-state index contributed by atoms with van der Waals surface area (Å²) in [5, 5.41) is 0. The molecule has 0 saturated carbocycles. The van der Waals surface area contributed by atoms with E-state index in [1.165, 1.54) is 37.1 Å². The molecule has 0 N–H and O–H groups in total. The van der Waals surface area contributed by atoms with Gasteiger partial charge in [-0.25, -0.2) is 9.37 Å². The second kappa shape index (κ2) is 12.9. The Morgan fingerprint density at radius 2 is 1.83 bits per heavy atom. The van der Waals surface area contributed by atoms with Gasteiger partial charge in [0.1, 0.15) is 17.7 Å². The maximum absolute atomic E-state index is 15.6. The molecule has 6 rings (SSSR count). The first-order chi connectivity index (χ1) is 22.3. The number of aryl methyl sites for hydroxylation is 1. The van der Waals surface area contributed by atoms with E-state index in [-0.39, 0.29) is 36.1 Å². The molecule has 4 aliphatic heterocycles. The molecule has 14 heteroatoms. The number of rotatable bonds is 6. The molecule has 3 saturated heterocycles. The second-order valence-electron chi connectivity index (χ2n) is 12.8. The van der Waals surface area contributed by atoms with Crippen LogP contribution in [0.1, 0.15) is 24.1 Å². The van der Waals surface area contributed by atoms with E-state index >= 15 is 4.39 Å². The van der Waals surface area contributed by atoms with Gasteiger partial charge in [-0.2, -0.15) is 13.2 Å². The minimum atomic E-state index is -4.66. The zero-order valence-electron chi connectivity index (χ0n) is 26.5. The second-order valence-corrected chi connectivity index (χ2v) is 12.8. The van der Waals surface area contributed by atoms with Gasteiger partial charge in [-0.15, -0.1) is 0 Å². The summed E-state index contributed by atoms with van der Waals surface area (Å²) in [5.74, 6) is -2.40. The number of halogens is 4. The van der Waals surface area contributed by atoms with Gasteiger partial charge < -0.3 is 19.6 Å². The van der Waals surface area contributed by atoms with Gasteiger partial charge in [0.2, 0.25) is 17.7 Å². The van der Waals surface area contributed by atoms with Crippen molar-refractivity contribution in [3.8, 4) is 0 Å². The summed E-state index contributed by atoms with van der Waals surface area (Å²) < 4.78 is 56.7. The average Bonchev–Trinajstić information content (AvgIpc) is 3.15. The summed E-state index contributed by atoms with van der Waals surface area (Å²) in [6, 6.07) is 5.42. The van der Waals surface area contributed by atoms with E-state index in [1.54, 1.807) is 11.0 Å². The molecule has 252 valence electrons. The molecule has 1 aromatic heterocycles. The van der Waals surface area contributed by atoms with E-state index in [9.17, 15) is 27.6 Å². The Hall–Kier alpha value is -4.04. The van der Waals surface area contributed by atoms with Crippen molar-refractivity contribution in [3.63, 3.8) is 0 Å². The number of pyridine rings is 1. The minimum absolute atomic E-state index is 0.0543. The van der Waals surface area contributed by atoms with E-state index in [0.717, 1.165) is 49.6 Å². The van der Waals surface area contributed by atoms with E-state index in [4.69, 9.17) is 0 Å². The van der Waals surface area contributed by atoms with Crippen LogP contribution in [0, 0.1) is 18.7 Å². The van der Waals surface area contributed by atoms with Crippen LogP contribution in [-0.4, -0.2) is 115 Å². The zero-order valence-corrected chi connectivity index (χ0v) is 26.5. The van der Waals surface area contributed by atoms with E-state index in [0.29, 0.717) is 37.9 Å². The first-order valence-electron chi connectivity index (χ1n) is 15.9. The minimum Gasteiger partial charge on any atom is -0.366 e. The molecule has 10 nitrogen and oxygen atoms in total. The summed E-state index contributed by atoms with van der Waals surface area (Å²) in [6.07, 6.45) is -2.48. The molecule has 0 spiro atoms. The summed E-state index contributed by atoms with van der Waals surface area (Å²) in [5.41, 5.74) is -0.291. The van der Waals surface area contributed by atoms with Gasteiger partial charge in [0, 0.05) is 76.9 Å². The fraction of sp³-hybridized carbons (Fsp3) is 0.515. The van der Waals surface area contributed by atoms with Crippen LogP contribution in [0.2, 0.25) is 0 Å². The molecule has 47 heavy (non-hydrogen) atoms. The van der Waals surface area contributed by atoms with Crippen molar-refractivity contribution in [1.82, 2.24) is 19.7 Å². The molecule has 2 atom stereocenters. The standard InChI is InChI=1S/C33H39F4N7O3/c1-4-28(45)43-19-24(20-43)41-10-6-9-40(11-13-41)12-14-42-18-22-16-29(46)44(27-17-23(33(35,36)37)15-21(2)38-27)30(22)32(47)39(3)26-8-5-7-25(34)31(26)42/h4-5,7-8,15,17,22,24,30H,1,6,9-14,16,18-20H2,2-3H3/t22-,30+/m1/s1. The van der Waals surface area contributed by atoms with Crippen molar-refractivity contribution in [1.29, 1.82) is 0 Å². The Morgan fingerprint density at radius 3 is 2.55 bits per heavy atom. The lowest BCUT2D eigenvalue weighted by Crippen LogP contribution is -2.61. The Morgan fingerprint density at radius 1 is 1.06 bits per heavy atom. The highest BCUT2D eigenvalue weighted by molar-refractivity contribution is 6.10. The first kappa shape index (κ1) is 32.9. The molecular weight excluding hydrogens is 618 g/mol. The lowest BCUT2D eigenvalue weighted by atomic mass is 9.95.